The number of carbonyl (C=O) groups is 1. The summed E-state index contributed by atoms with van der Waals surface area (Å²) in [6, 6.07) is 5.52. The summed E-state index contributed by atoms with van der Waals surface area (Å²) >= 11 is 14.9. The van der Waals surface area contributed by atoms with Gasteiger partial charge in [-0.05, 0) is 92.1 Å². The molecule has 0 aromatic heterocycles. The smallest absolute Gasteiger partial charge is 0.226 e. The highest BCUT2D eigenvalue weighted by Gasteiger charge is 2.51. The van der Waals surface area contributed by atoms with Crippen LogP contribution in [0.1, 0.15) is 44.9 Å². The Kier molecular flexibility index (Phi) is 4.84. The molecule has 0 radical (unpaired) electrons. The van der Waals surface area contributed by atoms with E-state index in [0.29, 0.717) is 22.2 Å². The number of hydrogen-bond donors (Lipinski definition) is 2. The first-order valence-corrected chi connectivity index (χ1v) is 10.5. The molecule has 0 unspecified atom stereocenters. The normalized spacial score (nSPS) is 32.5. The molecule has 134 valence electrons. The fourth-order valence-corrected chi connectivity index (χ4v) is 6.71. The van der Waals surface area contributed by atoms with E-state index in [1.54, 1.807) is 6.07 Å². The van der Waals surface area contributed by atoms with Crippen LogP contribution < -0.4 is 10.6 Å². The Labute approximate surface area is 167 Å². The molecule has 4 aliphatic carbocycles. The van der Waals surface area contributed by atoms with Crippen molar-refractivity contribution in [3.05, 3.63) is 27.7 Å². The molecule has 0 heterocycles. The summed E-state index contributed by atoms with van der Waals surface area (Å²) in [7, 11) is 0. The monoisotopic (exact) mass is 440 g/mol. The number of anilines is 1. The number of thiocarbonyl (C=S) groups is 1. The summed E-state index contributed by atoms with van der Waals surface area (Å²) in [5, 5.41) is 6.76. The standard InChI is InChI=1S/C19H22BrClN2OS/c20-14-1-2-16(15(21)6-14)22-18(25)23-17(24)10-19-7-11-3-12(8-19)5-13(4-11)9-19/h1-2,6,11-13H,3-5,7-10H2,(H2,22,23,24,25). The first-order valence-electron chi connectivity index (χ1n) is 8.97. The highest BCUT2D eigenvalue weighted by molar-refractivity contribution is 9.10. The van der Waals surface area contributed by atoms with Gasteiger partial charge in [-0.15, -0.1) is 0 Å². The largest absolute Gasteiger partial charge is 0.331 e. The Bertz CT molecular complexity index is 688. The highest BCUT2D eigenvalue weighted by Crippen LogP contribution is 2.61. The second kappa shape index (κ2) is 6.82. The molecule has 25 heavy (non-hydrogen) atoms. The molecule has 2 N–H and O–H groups in total. The van der Waals surface area contributed by atoms with Crippen LogP contribution >= 0.6 is 39.7 Å². The first-order chi connectivity index (χ1) is 11.9. The lowest BCUT2D eigenvalue weighted by Gasteiger charge is -2.56. The maximum atomic E-state index is 12.6. The van der Waals surface area contributed by atoms with Gasteiger partial charge in [0.25, 0.3) is 0 Å². The lowest BCUT2D eigenvalue weighted by atomic mass is 9.49. The van der Waals surface area contributed by atoms with Crippen LogP contribution in [-0.4, -0.2) is 11.0 Å². The average Bonchev–Trinajstić information content (AvgIpc) is 2.47. The predicted molar refractivity (Wildman–Crippen MR) is 109 cm³/mol. The highest BCUT2D eigenvalue weighted by atomic mass is 79.9. The van der Waals surface area contributed by atoms with Gasteiger partial charge in [0.05, 0.1) is 10.7 Å². The van der Waals surface area contributed by atoms with Gasteiger partial charge in [0, 0.05) is 10.9 Å². The number of hydrogen-bond acceptors (Lipinski definition) is 2. The van der Waals surface area contributed by atoms with E-state index in [2.05, 4.69) is 26.6 Å². The lowest BCUT2D eigenvalue weighted by Crippen LogP contribution is -2.48. The van der Waals surface area contributed by atoms with Crippen molar-refractivity contribution in [3.8, 4) is 0 Å². The quantitative estimate of drug-likeness (QED) is 0.607. The maximum absolute atomic E-state index is 12.6. The molecule has 4 fully saturated rings. The number of halogens is 2. The Balaban J connectivity index is 1.35. The molecule has 0 atom stereocenters. The number of rotatable bonds is 3. The van der Waals surface area contributed by atoms with Crippen molar-refractivity contribution in [1.82, 2.24) is 5.32 Å². The molecule has 4 saturated carbocycles. The van der Waals surface area contributed by atoms with Crippen LogP contribution in [0.2, 0.25) is 5.02 Å². The molecule has 0 aliphatic heterocycles. The summed E-state index contributed by atoms with van der Waals surface area (Å²) in [6.45, 7) is 0. The Morgan fingerprint density at radius 3 is 2.36 bits per heavy atom. The molecule has 0 saturated heterocycles. The van der Waals surface area contributed by atoms with Crippen molar-refractivity contribution < 1.29 is 4.79 Å². The molecule has 5 rings (SSSR count). The zero-order valence-electron chi connectivity index (χ0n) is 14.0. The Morgan fingerprint density at radius 2 is 1.80 bits per heavy atom. The van der Waals surface area contributed by atoms with Crippen molar-refractivity contribution in [3.63, 3.8) is 0 Å². The van der Waals surface area contributed by atoms with Gasteiger partial charge in [-0.2, -0.15) is 0 Å². The van der Waals surface area contributed by atoms with E-state index in [1.165, 1.54) is 38.5 Å². The van der Waals surface area contributed by atoms with Gasteiger partial charge in [0.15, 0.2) is 5.11 Å². The number of carbonyl (C=O) groups excluding carboxylic acids is 1. The van der Waals surface area contributed by atoms with E-state index < -0.39 is 0 Å². The van der Waals surface area contributed by atoms with Gasteiger partial charge >= 0.3 is 0 Å². The third kappa shape index (κ3) is 3.88. The zero-order valence-corrected chi connectivity index (χ0v) is 17.1. The molecule has 1 aromatic carbocycles. The third-order valence-electron chi connectivity index (χ3n) is 6.13. The molecule has 3 nitrogen and oxygen atoms in total. The van der Waals surface area contributed by atoms with Crippen LogP contribution in [0.5, 0.6) is 0 Å². The van der Waals surface area contributed by atoms with E-state index in [1.807, 2.05) is 12.1 Å². The average molecular weight is 442 g/mol. The van der Waals surface area contributed by atoms with Crippen molar-refractivity contribution in [2.24, 2.45) is 23.2 Å². The number of nitrogens with one attached hydrogen (secondary N) is 2. The van der Waals surface area contributed by atoms with Gasteiger partial charge in [-0.1, -0.05) is 27.5 Å². The second-order valence-electron chi connectivity index (χ2n) is 8.22. The van der Waals surface area contributed by atoms with E-state index >= 15 is 0 Å². The van der Waals surface area contributed by atoms with Crippen molar-refractivity contribution in [2.45, 2.75) is 44.9 Å². The number of benzene rings is 1. The van der Waals surface area contributed by atoms with E-state index in [9.17, 15) is 4.79 Å². The van der Waals surface area contributed by atoms with Crippen LogP contribution in [0, 0.1) is 23.2 Å². The van der Waals surface area contributed by atoms with Crippen LogP contribution in [0.25, 0.3) is 0 Å². The van der Waals surface area contributed by atoms with Crippen molar-refractivity contribution in [2.75, 3.05) is 5.32 Å². The summed E-state index contributed by atoms with van der Waals surface area (Å²) in [4.78, 5) is 12.6. The summed E-state index contributed by atoms with van der Waals surface area (Å²) in [5.74, 6) is 2.59. The van der Waals surface area contributed by atoms with Crippen LogP contribution in [0.4, 0.5) is 5.69 Å². The Hall–Kier alpha value is -0.650. The summed E-state index contributed by atoms with van der Waals surface area (Å²) in [5.41, 5.74) is 0.925. The molecular formula is C19H22BrClN2OS. The third-order valence-corrected chi connectivity index (χ3v) is 7.14. The zero-order chi connectivity index (χ0) is 17.6. The Morgan fingerprint density at radius 1 is 1.20 bits per heavy atom. The molecular weight excluding hydrogens is 420 g/mol. The van der Waals surface area contributed by atoms with Gasteiger partial charge in [-0.25, -0.2) is 0 Å². The van der Waals surface area contributed by atoms with Gasteiger partial charge < -0.3 is 10.6 Å². The molecule has 0 spiro atoms. The van der Waals surface area contributed by atoms with Gasteiger partial charge in [0.2, 0.25) is 5.91 Å². The SMILES string of the molecule is O=C(CC12CC3CC(CC(C3)C1)C2)NC(=S)Nc1ccc(Br)cc1Cl. The topological polar surface area (TPSA) is 41.1 Å². The van der Waals surface area contributed by atoms with Crippen LogP contribution in [0.15, 0.2) is 22.7 Å². The first kappa shape index (κ1) is 17.7. The predicted octanol–water partition coefficient (Wildman–Crippen LogP) is 5.52. The molecule has 4 aliphatic rings. The minimum Gasteiger partial charge on any atom is -0.331 e. The fourth-order valence-electron chi connectivity index (χ4n) is 5.76. The van der Waals surface area contributed by atoms with Crippen molar-refractivity contribution >= 4 is 56.5 Å². The fraction of sp³-hybridized carbons (Fsp3) is 0.579. The molecule has 1 aromatic rings. The van der Waals surface area contributed by atoms with Crippen LogP contribution in [0.3, 0.4) is 0 Å². The molecule has 6 heteroatoms. The van der Waals surface area contributed by atoms with E-state index in [4.69, 9.17) is 23.8 Å². The lowest BCUT2D eigenvalue weighted by molar-refractivity contribution is -0.127. The summed E-state index contributed by atoms with van der Waals surface area (Å²) in [6.07, 6.45) is 8.46. The minimum absolute atomic E-state index is 0.0349. The van der Waals surface area contributed by atoms with E-state index in [-0.39, 0.29) is 11.3 Å². The molecule has 1 amide bonds. The van der Waals surface area contributed by atoms with E-state index in [0.717, 1.165) is 22.2 Å². The number of amides is 1. The second-order valence-corrected chi connectivity index (χ2v) is 9.95. The minimum atomic E-state index is 0.0349. The van der Waals surface area contributed by atoms with Gasteiger partial charge in [0.1, 0.15) is 0 Å². The van der Waals surface area contributed by atoms with Crippen molar-refractivity contribution in [1.29, 1.82) is 0 Å². The maximum Gasteiger partial charge on any atom is 0.226 e. The van der Waals surface area contributed by atoms with Crippen LogP contribution in [-0.2, 0) is 4.79 Å². The summed E-state index contributed by atoms with van der Waals surface area (Å²) < 4.78 is 0.903. The van der Waals surface area contributed by atoms with Gasteiger partial charge in [-0.3, -0.25) is 4.79 Å². The molecule has 4 bridgehead atoms.